The second-order valence-electron chi connectivity index (χ2n) is 5.28. The van der Waals surface area contributed by atoms with Crippen molar-refractivity contribution in [1.82, 2.24) is 9.80 Å². The van der Waals surface area contributed by atoms with E-state index >= 15 is 0 Å². The Morgan fingerprint density at radius 3 is 2.91 bits per heavy atom. The minimum absolute atomic E-state index is 0.175. The Bertz CT molecular complexity index is 640. The zero-order valence-corrected chi connectivity index (χ0v) is 13.2. The molecule has 1 fully saturated rings. The van der Waals surface area contributed by atoms with Crippen LogP contribution in [0.5, 0.6) is 5.75 Å². The SMILES string of the molecule is O=C(O)N1CCN2C(=O)c3cc(F)c(Br)cc3OCCC2C1. The van der Waals surface area contributed by atoms with Gasteiger partial charge in [0.25, 0.3) is 5.91 Å². The van der Waals surface area contributed by atoms with Crippen molar-refractivity contribution in [1.29, 1.82) is 0 Å². The van der Waals surface area contributed by atoms with Crippen LogP contribution in [0.25, 0.3) is 0 Å². The summed E-state index contributed by atoms with van der Waals surface area (Å²) in [5.74, 6) is -0.509. The van der Waals surface area contributed by atoms with Gasteiger partial charge in [-0.1, -0.05) is 0 Å². The fourth-order valence-electron chi connectivity index (χ4n) is 2.82. The minimum atomic E-state index is -0.995. The van der Waals surface area contributed by atoms with E-state index in [0.29, 0.717) is 25.3 Å². The lowest BCUT2D eigenvalue weighted by Crippen LogP contribution is -2.57. The van der Waals surface area contributed by atoms with E-state index in [4.69, 9.17) is 9.84 Å². The van der Waals surface area contributed by atoms with Crippen LogP contribution >= 0.6 is 15.9 Å². The van der Waals surface area contributed by atoms with Crippen LogP contribution in [0, 0.1) is 5.82 Å². The van der Waals surface area contributed by atoms with Gasteiger partial charge in [-0.05, 0) is 28.1 Å². The van der Waals surface area contributed by atoms with Crippen LogP contribution in [0.1, 0.15) is 16.8 Å². The molecule has 1 atom stereocenters. The van der Waals surface area contributed by atoms with Gasteiger partial charge < -0.3 is 19.6 Å². The molecular weight excluding hydrogens is 359 g/mol. The Kier molecular flexibility index (Phi) is 3.94. The summed E-state index contributed by atoms with van der Waals surface area (Å²) < 4.78 is 19.6. The normalized spacial score (nSPS) is 21.4. The Morgan fingerprint density at radius 2 is 2.18 bits per heavy atom. The topological polar surface area (TPSA) is 70.1 Å². The molecule has 0 radical (unpaired) electrons. The van der Waals surface area contributed by atoms with Crippen molar-refractivity contribution in [3.63, 3.8) is 0 Å². The Labute approximate surface area is 134 Å². The molecule has 0 spiro atoms. The summed E-state index contributed by atoms with van der Waals surface area (Å²) in [5.41, 5.74) is 0.175. The van der Waals surface area contributed by atoms with Crippen molar-refractivity contribution < 1.29 is 23.8 Å². The zero-order chi connectivity index (χ0) is 15.9. The van der Waals surface area contributed by atoms with Gasteiger partial charge in [0.15, 0.2) is 0 Å². The van der Waals surface area contributed by atoms with Gasteiger partial charge in [-0.15, -0.1) is 0 Å². The van der Waals surface area contributed by atoms with Crippen LogP contribution in [0.15, 0.2) is 16.6 Å². The number of halogens is 2. The number of fused-ring (bicyclic) bond motifs is 2. The highest BCUT2D eigenvalue weighted by Gasteiger charge is 2.35. The lowest BCUT2D eigenvalue weighted by Gasteiger charge is -2.41. The zero-order valence-electron chi connectivity index (χ0n) is 11.6. The average Bonchev–Trinajstić information content (AvgIpc) is 2.48. The first kappa shape index (κ1) is 15.1. The summed E-state index contributed by atoms with van der Waals surface area (Å²) in [6.45, 7) is 1.14. The molecule has 8 heteroatoms. The molecule has 1 aromatic rings. The lowest BCUT2D eigenvalue weighted by molar-refractivity contribution is 0.0374. The van der Waals surface area contributed by atoms with E-state index in [1.807, 2.05) is 0 Å². The maximum Gasteiger partial charge on any atom is 0.407 e. The van der Waals surface area contributed by atoms with Gasteiger partial charge in [0.1, 0.15) is 11.6 Å². The third-order valence-electron chi connectivity index (χ3n) is 3.98. The molecule has 2 amide bonds. The van der Waals surface area contributed by atoms with Crippen LogP contribution in [-0.2, 0) is 0 Å². The molecule has 0 bridgehead atoms. The molecule has 2 aliphatic heterocycles. The lowest BCUT2D eigenvalue weighted by atomic mass is 10.0. The first-order valence-electron chi connectivity index (χ1n) is 6.88. The number of hydrogen-bond donors (Lipinski definition) is 1. The summed E-state index contributed by atoms with van der Waals surface area (Å²) in [6, 6.07) is 2.36. The fourth-order valence-corrected chi connectivity index (χ4v) is 3.14. The number of rotatable bonds is 0. The quantitative estimate of drug-likeness (QED) is 0.757. The first-order chi connectivity index (χ1) is 10.5. The number of ether oxygens (including phenoxy) is 1. The predicted molar refractivity (Wildman–Crippen MR) is 78.6 cm³/mol. The summed E-state index contributed by atoms with van der Waals surface area (Å²) in [5, 5.41) is 9.08. The van der Waals surface area contributed by atoms with Crippen molar-refractivity contribution in [2.45, 2.75) is 12.5 Å². The van der Waals surface area contributed by atoms with Crippen molar-refractivity contribution >= 4 is 27.9 Å². The second-order valence-corrected chi connectivity index (χ2v) is 6.13. The van der Waals surface area contributed by atoms with Crippen LogP contribution in [-0.4, -0.2) is 59.2 Å². The summed E-state index contributed by atoms with van der Waals surface area (Å²) in [7, 11) is 0. The largest absolute Gasteiger partial charge is 0.493 e. The summed E-state index contributed by atoms with van der Waals surface area (Å²) in [4.78, 5) is 26.7. The number of hydrogen-bond acceptors (Lipinski definition) is 3. The van der Waals surface area contributed by atoms with Gasteiger partial charge in [-0.25, -0.2) is 9.18 Å². The number of carboxylic acid groups (broad SMARTS) is 1. The van der Waals surface area contributed by atoms with Crippen LogP contribution in [0.3, 0.4) is 0 Å². The molecule has 2 aliphatic rings. The number of piperazine rings is 1. The van der Waals surface area contributed by atoms with Crippen LogP contribution in [0.2, 0.25) is 0 Å². The van der Waals surface area contributed by atoms with Gasteiger partial charge in [0.05, 0.1) is 22.7 Å². The number of amides is 2. The molecule has 1 N–H and O–H groups in total. The molecule has 1 aromatic carbocycles. The monoisotopic (exact) mass is 372 g/mol. The Morgan fingerprint density at radius 1 is 1.41 bits per heavy atom. The van der Waals surface area contributed by atoms with Gasteiger partial charge in [0.2, 0.25) is 0 Å². The van der Waals surface area contributed by atoms with E-state index in [1.165, 1.54) is 11.0 Å². The van der Waals surface area contributed by atoms with Crippen molar-refractivity contribution in [2.75, 3.05) is 26.2 Å². The maximum absolute atomic E-state index is 13.7. The molecule has 6 nitrogen and oxygen atoms in total. The molecule has 1 saturated heterocycles. The van der Waals surface area contributed by atoms with Gasteiger partial charge in [-0.3, -0.25) is 4.79 Å². The molecule has 0 aromatic heterocycles. The number of carbonyl (C=O) groups is 2. The van der Waals surface area contributed by atoms with E-state index in [0.717, 1.165) is 6.07 Å². The Balaban J connectivity index is 1.92. The smallest absolute Gasteiger partial charge is 0.407 e. The molecule has 0 aliphatic carbocycles. The van der Waals surface area contributed by atoms with Gasteiger partial charge >= 0.3 is 6.09 Å². The predicted octanol–water partition coefficient (Wildman–Crippen LogP) is 2.18. The summed E-state index contributed by atoms with van der Waals surface area (Å²) in [6.07, 6.45) is -0.463. The van der Waals surface area contributed by atoms with E-state index in [9.17, 15) is 14.0 Å². The van der Waals surface area contributed by atoms with Crippen LogP contribution < -0.4 is 4.74 Å². The molecule has 3 rings (SSSR count). The highest BCUT2D eigenvalue weighted by Crippen LogP contribution is 2.31. The van der Waals surface area contributed by atoms with E-state index in [-0.39, 0.29) is 35.1 Å². The molecule has 118 valence electrons. The van der Waals surface area contributed by atoms with Gasteiger partial charge in [0, 0.05) is 26.1 Å². The van der Waals surface area contributed by atoms with E-state index in [2.05, 4.69) is 15.9 Å². The first-order valence-corrected chi connectivity index (χ1v) is 7.67. The maximum atomic E-state index is 13.7. The molecule has 0 saturated carbocycles. The van der Waals surface area contributed by atoms with E-state index in [1.54, 1.807) is 4.90 Å². The molecular formula is C14H14BrFN2O4. The third kappa shape index (κ3) is 2.63. The summed E-state index contributed by atoms with van der Waals surface area (Å²) >= 11 is 3.08. The highest BCUT2D eigenvalue weighted by atomic mass is 79.9. The number of benzene rings is 1. The fraction of sp³-hybridized carbons (Fsp3) is 0.429. The highest BCUT2D eigenvalue weighted by molar-refractivity contribution is 9.10. The molecule has 2 heterocycles. The third-order valence-corrected chi connectivity index (χ3v) is 4.58. The van der Waals surface area contributed by atoms with Crippen molar-refractivity contribution in [3.05, 3.63) is 28.0 Å². The van der Waals surface area contributed by atoms with E-state index < -0.39 is 11.9 Å². The number of carbonyl (C=O) groups excluding carboxylic acids is 1. The second kappa shape index (κ2) is 5.75. The number of nitrogens with zero attached hydrogens (tertiary/aromatic N) is 2. The van der Waals surface area contributed by atoms with Gasteiger partial charge in [-0.2, -0.15) is 0 Å². The standard InChI is InChI=1S/C14H14BrFN2O4/c15-10-6-12-9(5-11(10)16)13(19)18-3-2-17(14(20)21)7-8(18)1-4-22-12/h5-6,8H,1-4,7H2,(H,20,21). The Hall–Kier alpha value is -1.83. The molecule has 22 heavy (non-hydrogen) atoms. The van der Waals surface area contributed by atoms with Crippen molar-refractivity contribution in [2.24, 2.45) is 0 Å². The van der Waals surface area contributed by atoms with Crippen molar-refractivity contribution in [3.8, 4) is 5.75 Å². The molecule has 1 unspecified atom stereocenters. The average molecular weight is 373 g/mol. The van der Waals surface area contributed by atoms with Crippen LogP contribution in [0.4, 0.5) is 9.18 Å². The minimum Gasteiger partial charge on any atom is -0.493 e.